The lowest BCUT2D eigenvalue weighted by atomic mass is 10.2. The summed E-state index contributed by atoms with van der Waals surface area (Å²) >= 11 is 5.93. The van der Waals surface area contributed by atoms with Crippen molar-refractivity contribution in [2.24, 2.45) is 0 Å². The van der Waals surface area contributed by atoms with E-state index < -0.39 is 0 Å². The molecule has 3 aromatic rings. The van der Waals surface area contributed by atoms with E-state index >= 15 is 0 Å². The van der Waals surface area contributed by atoms with Crippen LogP contribution < -0.4 is 15.4 Å². The fourth-order valence-electron chi connectivity index (χ4n) is 2.37. The molecule has 0 radical (unpaired) electrons. The fraction of sp³-hybridized carbons (Fsp3) is 0.100. The minimum absolute atomic E-state index is 0.291. The second kappa shape index (κ2) is 8.36. The number of ether oxygens (including phenoxy) is 1. The van der Waals surface area contributed by atoms with Crippen LogP contribution in [0, 0.1) is 0 Å². The maximum absolute atomic E-state index is 12.4. The van der Waals surface area contributed by atoms with Gasteiger partial charge >= 0.3 is 0 Å². The van der Waals surface area contributed by atoms with Gasteiger partial charge in [0.25, 0.3) is 5.91 Å². The number of carbonyl (C=O) groups is 1. The molecular weight excluding hydrogens is 350 g/mol. The summed E-state index contributed by atoms with van der Waals surface area (Å²) < 4.78 is 5.15. The van der Waals surface area contributed by atoms with Gasteiger partial charge in [-0.25, -0.2) is 0 Å². The van der Waals surface area contributed by atoms with Crippen LogP contribution in [0.5, 0.6) is 5.75 Å². The fourth-order valence-corrected chi connectivity index (χ4v) is 2.56. The third kappa shape index (κ3) is 4.74. The van der Waals surface area contributed by atoms with Crippen LogP contribution in [0.15, 0.2) is 66.9 Å². The Balaban J connectivity index is 1.64. The van der Waals surface area contributed by atoms with Crippen LogP contribution in [0.3, 0.4) is 0 Å². The van der Waals surface area contributed by atoms with Crippen LogP contribution in [-0.4, -0.2) is 18.0 Å². The highest BCUT2D eigenvalue weighted by Crippen LogP contribution is 2.17. The molecule has 26 heavy (non-hydrogen) atoms. The van der Waals surface area contributed by atoms with Crippen molar-refractivity contribution >= 4 is 28.9 Å². The highest BCUT2D eigenvalue weighted by molar-refractivity contribution is 6.30. The Morgan fingerprint density at radius 2 is 1.88 bits per heavy atom. The molecule has 0 spiro atoms. The molecule has 0 fully saturated rings. The Morgan fingerprint density at radius 1 is 1.08 bits per heavy atom. The van der Waals surface area contributed by atoms with Crippen molar-refractivity contribution in [3.63, 3.8) is 0 Å². The van der Waals surface area contributed by atoms with Gasteiger partial charge in [-0.1, -0.05) is 29.8 Å². The van der Waals surface area contributed by atoms with E-state index in [0.717, 1.165) is 17.0 Å². The summed E-state index contributed by atoms with van der Waals surface area (Å²) in [6.45, 7) is 0.628. The monoisotopic (exact) mass is 367 g/mol. The quantitative estimate of drug-likeness (QED) is 0.668. The van der Waals surface area contributed by atoms with Gasteiger partial charge < -0.3 is 15.4 Å². The van der Waals surface area contributed by atoms with E-state index in [1.165, 1.54) is 0 Å². The van der Waals surface area contributed by atoms with Crippen LogP contribution >= 0.6 is 11.6 Å². The zero-order chi connectivity index (χ0) is 18.4. The first-order valence-corrected chi connectivity index (χ1v) is 8.41. The van der Waals surface area contributed by atoms with Gasteiger partial charge in [0.15, 0.2) is 0 Å². The van der Waals surface area contributed by atoms with E-state index in [9.17, 15) is 4.79 Å². The normalized spacial score (nSPS) is 10.2. The SMILES string of the molecule is COc1ccc(CNc2ccnc(C(=O)Nc3cccc(Cl)c3)c2)cc1. The van der Waals surface area contributed by atoms with Crippen LogP contribution in [0.25, 0.3) is 0 Å². The molecule has 6 heteroatoms. The van der Waals surface area contributed by atoms with Crippen molar-refractivity contribution in [2.45, 2.75) is 6.54 Å². The topological polar surface area (TPSA) is 63.2 Å². The van der Waals surface area contributed by atoms with Gasteiger partial charge in [0, 0.05) is 29.1 Å². The summed E-state index contributed by atoms with van der Waals surface area (Å²) in [5.74, 6) is 0.526. The number of carbonyl (C=O) groups excluding carboxylic acids is 1. The predicted octanol–water partition coefficient (Wildman–Crippen LogP) is 4.61. The van der Waals surface area contributed by atoms with Gasteiger partial charge in [0.1, 0.15) is 11.4 Å². The number of methoxy groups -OCH3 is 1. The minimum atomic E-state index is -0.291. The Bertz CT molecular complexity index is 898. The van der Waals surface area contributed by atoms with E-state index in [0.29, 0.717) is 22.9 Å². The lowest BCUT2D eigenvalue weighted by Gasteiger charge is -2.09. The second-order valence-electron chi connectivity index (χ2n) is 5.60. The number of nitrogens with zero attached hydrogens (tertiary/aromatic N) is 1. The van der Waals surface area contributed by atoms with Gasteiger partial charge in [-0.3, -0.25) is 9.78 Å². The van der Waals surface area contributed by atoms with Gasteiger partial charge in [0.2, 0.25) is 0 Å². The van der Waals surface area contributed by atoms with Crippen LogP contribution in [0.4, 0.5) is 11.4 Å². The van der Waals surface area contributed by atoms with Crippen molar-refractivity contribution in [3.8, 4) is 5.75 Å². The number of anilines is 2. The van der Waals surface area contributed by atoms with E-state index in [-0.39, 0.29) is 5.91 Å². The average Bonchev–Trinajstić information content (AvgIpc) is 2.67. The number of rotatable bonds is 6. The highest BCUT2D eigenvalue weighted by atomic mass is 35.5. The first kappa shape index (κ1) is 17.8. The lowest BCUT2D eigenvalue weighted by molar-refractivity contribution is 0.102. The van der Waals surface area contributed by atoms with Gasteiger partial charge in [-0.2, -0.15) is 0 Å². The maximum Gasteiger partial charge on any atom is 0.274 e. The van der Waals surface area contributed by atoms with E-state index in [4.69, 9.17) is 16.3 Å². The molecule has 0 saturated heterocycles. The predicted molar refractivity (Wildman–Crippen MR) is 104 cm³/mol. The number of amides is 1. The zero-order valence-corrected chi connectivity index (χ0v) is 15.0. The first-order chi connectivity index (χ1) is 12.6. The molecule has 0 saturated carbocycles. The van der Waals surface area contributed by atoms with Crippen LogP contribution in [-0.2, 0) is 6.54 Å². The largest absolute Gasteiger partial charge is 0.497 e. The number of aromatic nitrogens is 1. The highest BCUT2D eigenvalue weighted by Gasteiger charge is 2.09. The number of pyridine rings is 1. The number of nitrogens with one attached hydrogen (secondary N) is 2. The number of benzene rings is 2. The molecule has 1 heterocycles. The lowest BCUT2D eigenvalue weighted by Crippen LogP contribution is -2.14. The molecule has 0 unspecified atom stereocenters. The number of hydrogen-bond acceptors (Lipinski definition) is 4. The summed E-state index contributed by atoms with van der Waals surface area (Å²) in [5.41, 5.74) is 2.87. The molecule has 0 aliphatic carbocycles. The third-order valence-electron chi connectivity index (χ3n) is 3.73. The smallest absolute Gasteiger partial charge is 0.274 e. The van der Waals surface area contributed by atoms with Crippen molar-refractivity contribution in [1.82, 2.24) is 4.98 Å². The van der Waals surface area contributed by atoms with Crippen molar-refractivity contribution in [3.05, 3.63) is 83.1 Å². The number of halogens is 1. The molecule has 5 nitrogen and oxygen atoms in total. The van der Waals surface area contributed by atoms with E-state index in [1.54, 1.807) is 43.6 Å². The molecule has 2 aromatic carbocycles. The summed E-state index contributed by atoms with van der Waals surface area (Å²) in [5, 5.41) is 6.63. The summed E-state index contributed by atoms with van der Waals surface area (Å²) in [7, 11) is 1.64. The molecule has 3 rings (SSSR count). The Kier molecular flexibility index (Phi) is 5.71. The molecular formula is C20H18ClN3O2. The van der Waals surface area contributed by atoms with Crippen molar-refractivity contribution in [1.29, 1.82) is 0 Å². The zero-order valence-electron chi connectivity index (χ0n) is 14.2. The molecule has 1 aromatic heterocycles. The van der Waals surface area contributed by atoms with Gasteiger partial charge in [-0.15, -0.1) is 0 Å². The Labute approximate surface area is 157 Å². The third-order valence-corrected chi connectivity index (χ3v) is 3.97. The summed E-state index contributed by atoms with van der Waals surface area (Å²) in [4.78, 5) is 16.5. The molecule has 132 valence electrons. The molecule has 0 bridgehead atoms. The molecule has 0 atom stereocenters. The summed E-state index contributed by atoms with van der Waals surface area (Å²) in [6.07, 6.45) is 1.60. The van der Waals surface area contributed by atoms with Crippen LogP contribution in [0.2, 0.25) is 5.02 Å². The molecule has 0 aliphatic rings. The Morgan fingerprint density at radius 3 is 2.62 bits per heavy atom. The average molecular weight is 368 g/mol. The molecule has 1 amide bonds. The first-order valence-electron chi connectivity index (χ1n) is 8.04. The minimum Gasteiger partial charge on any atom is -0.497 e. The molecule has 2 N–H and O–H groups in total. The molecule has 0 aliphatic heterocycles. The van der Waals surface area contributed by atoms with E-state index in [1.807, 2.05) is 30.3 Å². The summed E-state index contributed by atoms with van der Waals surface area (Å²) in [6, 6.07) is 18.3. The van der Waals surface area contributed by atoms with Crippen molar-refractivity contribution in [2.75, 3.05) is 17.7 Å². The van der Waals surface area contributed by atoms with Gasteiger partial charge in [-0.05, 0) is 48.0 Å². The van der Waals surface area contributed by atoms with Crippen LogP contribution in [0.1, 0.15) is 16.1 Å². The van der Waals surface area contributed by atoms with E-state index in [2.05, 4.69) is 15.6 Å². The van der Waals surface area contributed by atoms with Gasteiger partial charge in [0.05, 0.1) is 7.11 Å². The standard InChI is InChI=1S/C20H18ClN3O2/c1-26-18-7-5-14(6-8-18)13-23-16-9-10-22-19(12-16)20(25)24-17-4-2-3-15(21)11-17/h2-12H,13H2,1H3,(H,22,23)(H,24,25). The number of hydrogen-bond donors (Lipinski definition) is 2. The Hall–Kier alpha value is -3.05. The maximum atomic E-state index is 12.4. The second-order valence-corrected chi connectivity index (χ2v) is 6.03. The van der Waals surface area contributed by atoms with Crippen molar-refractivity contribution < 1.29 is 9.53 Å².